The van der Waals surface area contributed by atoms with Crippen LogP contribution in [0, 0.1) is 11.3 Å². The van der Waals surface area contributed by atoms with Gasteiger partial charge in [0.15, 0.2) is 0 Å². The highest BCUT2D eigenvalue weighted by Crippen LogP contribution is 2.35. The number of hydrogen-bond acceptors (Lipinski definition) is 2. The van der Waals surface area contributed by atoms with Gasteiger partial charge in [-0.25, -0.2) is 4.79 Å². The third kappa shape index (κ3) is 3.64. The second kappa shape index (κ2) is 6.02. The van der Waals surface area contributed by atoms with E-state index in [1.165, 1.54) is 12.8 Å². The largest absolute Gasteiger partial charge is 0.481 e. The minimum Gasteiger partial charge on any atom is -0.481 e. The van der Waals surface area contributed by atoms with E-state index in [1.807, 2.05) is 0 Å². The monoisotopic (exact) mass is 282 g/mol. The smallest absolute Gasteiger partial charge is 0.317 e. The molecule has 2 aliphatic rings. The third-order valence-corrected chi connectivity index (χ3v) is 4.84. The molecule has 1 saturated carbocycles. The van der Waals surface area contributed by atoms with Gasteiger partial charge in [-0.15, -0.1) is 0 Å². The number of carbonyl (C=O) groups excluding carboxylic acids is 1. The number of rotatable bonds is 3. The van der Waals surface area contributed by atoms with E-state index in [4.69, 9.17) is 5.11 Å². The first-order chi connectivity index (χ1) is 9.38. The van der Waals surface area contributed by atoms with Gasteiger partial charge in [0.25, 0.3) is 0 Å². The van der Waals surface area contributed by atoms with E-state index in [9.17, 15) is 9.59 Å². The van der Waals surface area contributed by atoms with Crippen LogP contribution in [0.3, 0.4) is 0 Å². The summed E-state index contributed by atoms with van der Waals surface area (Å²) in [6.07, 6.45) is 5.58. The SMILES string of the molecule is CC1(C)CCCCC1NC(=O)N1CCC(CC(=O)O)C1. The fourth-order valence-corrected chi connectivity index (χ4v) is 3.43. The number of carbonyl (C=O) groups is 2. The summed E-state index contributed by atoms with van der Waals surface area (Å²) in [6.45, 7) is 5.69. The predicted molar refractivity (Wildman–Crippen MR) is 76.5 cm³/mol. The standard InChI is InChI=1S/C15H26N2O3/c1-15(2)7-4-3-5-12(15)16-14(20)17-8-6-11(10-17)9-13(18)19/h11-12H,3-10H2,1-2H3,(H,16,20)(H,18,19). The molecule has 2 amide bonds. The lowest BCUT2D eigenvalue weighted by atomic mass is 9.73. The average molecular weight is 282 g/mol. The number of likely N-dealkylation sites (tertiary alicyclic amines) is 1. The van der Waals surface area contributed by atoms with Gasteiger partial charge in [0, 0.05) is 25.6 Å². The van der Waals surface area contributed by atoms with Crippen molar-refractivity contribution in [1.29, 1.82) is 0 Å². The first kappa shape index (κ1) is 15.1. The number of nitrogens with one attached hydrogen (secondary N) is 1. The highest BCUT2D eigenvalue weighted by molar-refractivity contribution is 5.75. The van der Waals surface area contributed by atoms with Gasteiger partial charge in [-0.1, -0.05) is 26.7 Å². The van der Waals surface area contributed by atoms with Gasteiger partial charge in [0.1, 0.15) is 0 Å². The van der Waals surface area contributed by atoms with E-state index in [1.54, 1.807) is 4.90 Å². The Morgan fingerprint density at radius 1 is 1.30 bits per heavy atom. The molecule has 2 N–H and O–H groups in total. The number of urea groups is 1. The van der Waals surface area contributed by atoms with E-state index >= 15 is 0 Å². The summed E-state index contributed by atoms with van der Waals surface area (Å²) in [5.41, 5.74) is 0.161. The van der Waals surface area contributed by atoms with Gasteiger partial charge in [-0.2, -0.15) is 0 Å². The van der Waals surface area contributed by atoms with Crippen molar-refractivity contribution in [2.45, 2.75) is 58.4 Å². The molecule has 1 heterocycles. The van der Waals surface area contributed by atoms with Crippen LogP contribution in [-0.2, 0) is 4.79 Å². The molecule has 5 heteroatoms. The Hall–Kier alpha value is -1.26. The van der Waals surface area contributed by atoms with E-state index in [0.717, 1.165) is 19.3 Å². The van der Waals surface area contributed by atoms with Crippen LogP contribution in [0.15, 0.2) is 0 Å². The molecule has 0 spiro atoms. The van der Waals surface area contributed by atoms with Gasteiger partial charge in [-0.3, -0.25) is 4.79 Å². The zero-order valence-corrected chi connectivity index (χ0v) is 12.5. The van der Waals surface area contributed by atoms with Crippen LogP contribution in [0.5, 0.6) is 0 Å². The number of nitrogens with zero attached hydrogens (tertiary/aromatic N) is 1. The number of hydrogen-bond donors (Lipinski definition) is 2. The highest BCUT2D eigenvalue weighted by atomic mass is 16.4. The fourth-order valence-electron chi connectivity index (χ4n) is 3.43. The Kier molecular flexibility index (Phi) is 4.55. The maximum atomic E-state index is 12.3. The zero-order chi connectivity index (χ0) is 14.8. The van der Waals surface area contributed by atoms with Crippen molar-refractivity contribution < 1.29 is 14.7 Å². The number of amides is 2. The Morgan fingerprint density at radius 2 is 2.05 bits per heavy atom. The number of carboxylic acid groups (broad SMARTS) is 1. The Morgan fingerprint density at radius 3 is 2.70 bits per heavy atom. The normalized spacial score (nSPS) is 29.2. The Labute approximate surface area is 120 Å². The molecule has 1 saturated heterocycles. The van der Waals surface area contributed by atoms with Crippen molar-refractivity contribution in [2.24, 2.45) is 11.3 Å². The first-order valence-electron chi connectivity index (χ1n) is 7.66. The van der Waals surface area contributed by atoms with Crippen molar-refractivity contribution in [2.75, 3.05) is 13.1 Å². The van der Waals surface area contributed by atoms with Crippen LogP contribution < -0.4 is 5.32 Å². The molecule has 2 rings (SSSR count). The van der Waals surface area contributed by atoms with E-state index in [-0.39, 0.29) is 29.8 Å². The summed E-state index contributed by atoms with van der Waals surface area (Å²) in [7, 11) is 0. The summed E-state index contributed by atoms with van der Waals surface area (Å²) in [5.74, 6) is -0.664. The Balaban J connectivity index is 1.85. The topological polar surface area (TPSA) is 69.6 Å². The predicted octanol–water partition coefficient (Wildman–Crippen LogP) is 2.46. The summed E-state index contributed by atoms with van der Waals surface area (Å²) in [6, 6.07) is 0.222. The lowest BCUT2D eigenvalue weighted by molar-refractivity contribution is -0.138. The highest BCUT2D eigenvalue weighted by Gasteiger charge is 2.35. The van der Waals surface area contributed by atoms with Crippen LogP contribution in [0.4, 0.5) is 4.79 Å². The second-order valence-corrected chi connectivity index (χ2v) is 6.94. The third-order valence-electron chi connectivity index (χ3n) is 4.84. The Bertz CT molecular complexity index is 381. The number of aliphatic carboxylic acids is 1. The van der Waals surface area contributed by atoms with E-state index in [0.29, 0.717) is 13.1 Å². The van der Waals surface area contributed by atoms with Gasteiger partial charge < -0.3 is 15.3 Å². The molecule has 0 bridgehead atoms. The molecular weight excluding hydrogens is 256 g/mol. The molecule has 114 valence electrons. The maximum Gasteiger partial charge on any atom is 0.317 e. The summed E-state index contributed by atoms with van der Waals surface area (Å²) in [5, 5.41) is 12.0. The van der Waals surface area contributed by atoms with Crippen molar-refractivity contribution in [3.8, 4) is 0 Å². The molecule has 0 aromatic heterocycles. The summed E-state index contributed by atoms with van der Waals surface area (Å²) in [4.78, 5) is 24.8. The molecule has 5 nitrogen and oxygen atoms in total. The minimum atomic E-state index is -0.773. The van der Waals surface area contributed by atoms with Crippen LogP contribution in [0.2, 0.25) is 0 Å². The molecule has 0 aromatic rings. The van der Waals surface area contributed by atoms with Crippen LogP contribution in [-0.4, -0.2) is 41.1 Å². The quantitative estimate of drug-likeness (QED) is 0.835. The molecule has 0 aromatic carbocycles. The van der Waals surface area contributed by atoms with Gasteiger partial charge in [0.05, 0.1) is 0 Å². The molecule has 2 atom stereocenters. The lowest BCUT2D eigenvalue weighted by Gasteiger charge is -2.39. The molecular formula is C15H26N2O3. The molecule has 0 radical (unpaired) electrons. The van der Waals surface area contributed by atoms with Crippen molar-refractivity contribution in [3.05, 3.63) is 0 Å². The van der Waals surface area contributed by atoms with Crippen LogP contribution in [0.1, 0.15) is 52.4 Å². The lowest BCUT2D eigenvalue weighted by Crippen LogP contribution is -2.51. The molecule has 2 fully saturated rings. The van der Waals surface area contributed by atoms with Crippen molar-refractivity contribution in [3.63, 3.8) is 0 Å². The van der Waals surface area contributed by atoms with Gasteiger partial charge >= 0.3 is 12.0 Å². The van der Waals surface area contributed by atoms with Gasteiger partial charge in [-0.05, 0) is 30.6 Å². The average Bonchev–Trinajstić information content (AvgIpc) is 2.79. The van der Waals surface area contributed by atoms with Crippen LogP contribution in [0.25, 0.3) is 0 Å². The molecule has 2 unspecified atom stereocenters. The van der Waals surface area contributed by atoms with E-state index in [2.05, 4.69) is 19.2 Å². The van der Waals surface area contributed by atoms with E-state index < -0.39 is 5.97 Å². The maximum absolute atomic E-state index is 12.3. The first-order valence-corrected chi connectivity index (χ1v) is 7.66. The molecule has 1 aliphatic heterocycles. The summed E-state index contributed by atoms with van der Waals surface area (Å²) >= 11 is 0. The van der Waals surface area contributed by atoms with Crippen molar-refractivity contribution >= 4 is 12.0 Å². The molecule has 1 aliphatic carbocycles. The van der Waals surface area contributed by atoms with Crippen LogP contribution >= 0.6 is 0 Å². The molecule has 20 heavy (non-hydrogen) atoms. The van der Waals surface area contributed by atoms with Crippen molar-refractivity contribution in [1.82, 2.24) is 10.2 Å². The van der Waals surface area contributed by atoms with Gasteiger partial charge in [0.2, 0.25) is 0 Å². The second-order valence-electron chi connectivity index (χ2n) is 6.94. The fraction of sp³-hybridized carbons (Fsp3) is 0.867. The summed E-state index contributed by atoms with van der Waals surface area (Å²) < 4.78 is 0. The minimum absolute atomic E-state index is 0.0159. The number of carboxylic acids is 1. The zero-order valence-electron chi connectivity index (χ0n) is 12.5.